The van der Waals surface area contributed by atoms with Crippen molar-refractivity contribution in [1.29, 1.82) is 0 Å². The molecule has 3 rings (SSSR count). The van der Waals surface area contributed by atoms with E-state index in [2.05, 4.69) is 10.2 Å². The van der Waals surface area contributed by atoms with Gasteiger partial charge >= 0.3 is 0 Å². The van der Waals surface area contributed by atoms with Gasteiger partial charge in [-0.05, 0) is 23.9 Å². The highest BCUT2D eigenvalue weighted by Gasteiger charge is 2.17. The normalized spacial score (nSPS) is 12.3. The number of thiophene rings is 1. The van der Waals surface area contributed by atoms with Gasteiger partial charge in [-0.2, -0.15) is 0 Å². The zero-order valence-electron chi connectivity index (χ0n) is 12.5. The molecule has 2 heterocycles. The summed E-state index contributed by atoms with van der Waals surface area (Å²) in [7, 11) is 1.93. The minimum absolute atomic E-state index is 0.0361. The molecule has 1 unspecified atom stereocenters. The molecule has 0 N–H and O–H groups in total. The van der Waals surface area contributed by atoms with Gasteiger partial charge in [-0.1, -0.05) is 30.0 Å². The average Bonchev–Trinajstić information content (AvgIpc) is 3.18. The molecule has 1 aromatic carbocycles. The molecule has 0 aliphatic carbocycles. The van der Waals surface area contributed by atoms with Crippen molar-refractivity contribution in [1.82, 2.24) is 14.8 Å². The quantitative estimate of drug-likeness (QED) is 0.391. The van der Waals surface area contributed by atoms with Crippen molar-refractivity contribution in [3.63, 3.8) is 0 Å². The minimum atomic E-state index is -0.377. The first-order valence-electron chi connectivity index (χ1n) is 6.90. The van der Waals surface area contributed by atoms with Crippen LogP contribution in [-0.2, 0) is 7.05 Å². The highest BCUT2D eigenvalue weighted by molar-refractivity contribution is 7.99. The van der Waals surface area contributed by atoms with Crippen molar-refractivity contribution in [3.8, 4) is 10.7 Å². The third-order valence-electron chi connectivity index (χ3n) is 3.41. The minimum Gasteiger partial charge on any atom is -0.304 e. The Morgan fingerprint density at radius 1 is 1.30 bits per heavy atom. The van der Waals surface area contributed by atoms with Crippen LogP contribution in [0, 0.1) is 10.1 Å². The molecule has 1 atom stereocenters. The first-order chi connectivity index (χ1) is 11.1. The van der Waals surface area contributed by atoms with Gasteiger partial charge in [0.25, 0.3) is 5.69 Å². The summed E-state index contributed by atoms with van der Waals surface area (Å²) < 4.78 is 1.95. The van der Waals surface area contributed by atoms with Gasteiger partial charge in [-0.3, -0.25) is 10.1 Å². The van der Waals surface area contributed by atoms with Gasteiger partial charge in [0, 0.05) is 24.4 Å². The second-order valence-corrected chi connectivity index (χ2v) is 7.21. The molecule has 3 aromatic rings. The van der Waals surface area contributed by atoms with Crippen LogP contribution < -0.4 is 0 Å². The Morgan fingerprint density at radius 2 is 2.13 bits per heavy atom. The van der Waals surface area contributed by atoms with Gasteiger partial charge < -0.3 is 4.57 Å². The Labute approximate surface area is 141 Å². The first-order valence-corrected chi connectivity index (χ1v) is 8.66. The van der Waals surface area contributed by atoms with Crippen molar-refractivity contribution in [2.45, 2.75) is 17.3 Å². The summed E-state index contributed by atoms with van der Waals surface area (Å²) in [6.45, 7) is 2.00. The van der Waals surface area contributed by atoms with Crippen LogP contribution in [-0.4, -0.2) is 19.7 Å². The van der Waals surface area contributed by atoms with Crippen molar-refractivity contribution in [2.24, 2.45) is 7.05 Å². The fourth-order valence-electron chi connectivity index (χ4n) is 2.16. The zero-order chi connectivity index (χ0) is 16.4. The van der Waals surface area contributed by atoms with E-state index in [0.29, 0.717) is 0 Å². The van der Waals surface area contributed by atoms with Gasteiger partial charge in [0.15, 0.2) is 11.0 Å². The summed E-state index contributed by atoms with van der Waals surface area (Å²) in [6.07, 6.45) is 0. The second-order valence-electron chi connectivity index (χ2n) is 4.95. The Morgan fingerprint density at radius 3 is 2.83 bits per heavy atom. The topological polar surface area (TPSA) is 73.8 Å². The number of hydrogen-bond acceptors (Lipinski definition) is 6. The molecule has 8 heteroatoms. The summed E-state index contributed by atoms with van der Waals surface area (Å²) in [5.74, 6) is 0.828. The standard InChI is InChI=1S/C15H14N4O2S2/c1-10(11-5-3-6-12(9-11)19(20)21)23-15-17-16-14(18(15)2)13-7-4-8-22-13/h3-10H,1-2H3. The van der Waals surface area contributed by atoms with Crippen molar-refractivity contribution >= 4 is 28.8 Å². The third-order valence-corrected chi connectivity index (χ3v) is 5.47. The lowest BCUT2D eigenvalue weighted by molar-refractivity contribution is -0.384. The third kappa shape index (κ3) is 3.27. The molecule has 23 heavy (non-hydrogen) atoms. The molecule has 0 radical (unpaired) electrons. The maximum Gasteiger partial charge on any atom is 0.269 e. The summed E-state index contributed by atoms with van der Waals surface area (Å²) in [5, 5.41) is 22.2. The fraction of sp³-hybridized carbons (Fsp3) is 0.200. The van der Waals surface area contributed by atoms with Gasteiger partial charge in [0.1, 0.15) is 0 Å². The molecule has 0 amide bonds. The Balaban J connectivity index is 1.82. The van der Waals surface area contributed by atoms with Crippen LogP contribution in [0.5, 0.6) is 0 Å². The Bertz CT molecular complexity index is 830. The lowest BCUT2D eigenvalue weighted by atomic mass is 10.1. The number of nitrogens with zero attached hydrogens (tertiary/aromatic N) is 4. The van der Waals surface area contributed by atoms with Gasteiger partial charge in [-0.15, -0.1) is 21.5 Å². The molecule has 0 saturated carbocycles. The van der Waals surface area contributed by atoms with E-state index in [1.807, 2.05) is 42.1 Å². The van der Waals surface area contributed by atoms with E-state index in [4.69, 9.17) is 0 Å². The van der Waals surface area contributed by atoms with E-state index >= 15 is 0 Å². The van der Waals surface area contributed by atoms with Crippen LogP contribution in [0.3, 0.4) is 0 Å². The molecule has 0 aliphatic heterocycles. The number of nitro benzene ring substituents is 1. The molecule has 0 saturated heterocycles. The first kappa shape index (κ1) is 15.7. The number of benzene rings is 1. The predicted octanol–water partition coefficient (Wildman–Crippen LogP) is 4.31. The van der Waals surface area contributed by atoms with E-state index in [0.717, 1.165) is 21.4 Å². The van der Waals surface area contributed by atoms with E-state index in [1.54, 1.807) is 23.5 Å². The van der Waals surface area contributed by atoms with Crippen LogP contribution in [0.4, 0.5) is 5.69 Å². The lowest BCUT2D eigenvalue weighted by Crippen LogP contribution is -1.97. The maximum absolute atomic E-state index is 10.9. The average molecular weight is 346 g/mol. The lowest BCUT2D eigenvalue weighted by Gasteiger charge is -2.10. The van der Waals surface area contributed by atoms with Crippen LogP contribution >= 0.6 is 23.1 Å². The number of thioether (sulfide) groups is 1. The van der Waals surface area contributed by atoms with Crippen LogP contribution in [0.15, 0.2) is 46.9 Å². The van der Waals surface area contributed by atoms with Gasteiger partial charge in [0.2, 0.25) is 0 Å². The van der Waals surface area contributed by atoms with E-state index in [-0.39, 0.29) is 15.9 Å². The summed E-state index contributed by atoms with van der Waals surface area (Å²) in [4.78, 5) is 11.6. The Hall–Kier alpha value is -2.19. The Kier molecular flexibility index (Phi) is 4.44. The highest BCUT2D eigenvalue weighted by Crippen LogP contribution is 2.36. The van der Waals surface area contributed by atoms with Crippen molar-refractivity contribution in [2.75, 3.05) is 0 Å². The largest absolute Gasteiger partial charge is 0.304 e. The highest BCUT2D eigenvalue weighted by atomic mass is 32.2. The second kappa shape index (κ2) is 6.51. The SMILES string of the molecule is CC(Sc1nnc(-c2cccs2)n1C)c1cccc([N+](=O)[O-])c1. The predicted molar refractivity (Wildman–Crippen MR) is 91.7 cm³/mol. The maximum atomic E-state index is 10.9. The monoisotopic (exact) mass is 346 g/mol. The van der Waals surface area contributed by atoms with Gasteiger partial charge in [0.05, 0.1) is 9.80 Å². The number of aromatic nitrogens is 3. The van der Waals surface area contributed by atoms with Gasteiger partial charge in [-0.25, -0.2) is 0 Å². The molecular weight excluding hydrogens is 332 g/mol. The van der Waals surface area contributed by atoms with Crippen molar-refractivity contribution < 1.29 is 4.92 Å². The molecule has 2 aromatic heterocycles. The molecule has 0 spiro atoms. The number of hydrogen-bond donors (Lipinski definition) is 0. The van der Waals surface area contributed by atoms with E-state index in [1.165, 1.54) is 17.8 Å². The number of rotatable bonds is 5. The van der Waals surface area contributed by atoms with E-state index < -0.39 is 0 Å². The molecule has 0 fully saturated rings. The fourth-order valence-corrected chi connectivity index (χ4v) is 3.83. The van der Waals surface area contributed by atoms with Crippen LogP contribution in [0.1, 0.15) is 17.7 Å². The number of nitro groups is 1. The molecule has 6 nitrogen and oxygen atoms in total. The summed E-state index contributed by atoms with van der Waals surface area (Å²) >= 11 is 3.15. The summed E-state index contributed by atoms with van der Waals surface area (Å²) in [6, 6.07) is 10.7. The molecule has 0 aliphatic rings. The van der Waals surface area contributed by atoms with Crippen LogP contribution in [0.25, 0.3) is 10.7 Å². The summed E-state index contributed by atoms with van der Waals surface area (Å²) in [5.41, 5.74) is 0.997. The zero-order valence-corrected chi connectivity index (χ0v) is 14.2. The number of non-ortho nitro benzene ring substituents is 1. The van der Waals surface area contributed by atoms with Crippen molar-refractivity contribution in [3.05, 3.63) is 57.5 Å². The van der Waals surface area contributed by atoms with Crippen LogP contribution in [0.2, 0.25) is 0 Å². The molecule has 0 bridgehead atoms. The smallest absolute Gasteiger partial charge is 0.269 e. The molecular formula is C15H14N4O2S2. The molecule has 118 valence electrons. The van der Waals surface area contributed by atoms with E-state index in [9.17, 15) is 10.1 Å².